The smallest absolute Gasteiger partial charge is 0.312 e. The van der Waals surface area contributed by atoms with Crippen LogP contribution in [0.2, 0.25) is 0 Å². The van der Waals surface area contributed by atoms with Gasteiger partial charge < -0.3 is 14.9 Å². The molecule has 2 aliphatic rings. The van der Waals surface area contributed by atoms with E-state index in [1.54, 1.807) is 0 Å². The third-order valence-corrected chi connectivity index (χ3v) is 7.10. The molecule has 2 N–H and O–H groups in total. The lowest BCUT2D eigenvalue weighted by Gasteiger charge is -2.52. The van der Waals surface area contributed by atoms with E-state index in [0.717, 1.165) is 38.5 Å². The first-order valence-electron chi connectivity index (χ1n) is 10.7. The van der Waals surface area contributed by atoms with Crippen molar-refractivity contribution in [3.8, 4) is 0 Å². The molecular formula is C23H42O4. The van der Waals surface area contributed by atoms with E-state index < -0.39 is 16.6 Å². The van der Waals surface area contributed by atoms with Crippen LogP contribution in [0.15, 0.2) is 0 Å². The Morgan fingerprint density at radius 3 is 2.22 bits per heavy atom. The quantitative estimate of drug-likeness (QED) is 0.667. The summed E-state index contributed by atoms with van der Waals surface area (Å²) in [7, 11) is 0. The second-order valence-corrected chi connectivity index (χ2v) is 11.9. The summed E-state index contributed by atoms with van der Waals surface area (Å²) in [6.45, 7) is 14.8. The van der Waals surface area contributed by atoms with Gasteiger partial charge >= 0.3 is 5.97 Å². The number of rotatable bonds is 5. The van der Waals surface area contributed by atoms with Gasteiger partial charge in [0, 0.05) is 19.4 Å². The zero-order valence-electron chi connectivity index (χ0n) is 18.7. The van der Waals surface area contributed by atoms with Crippen molar-refractivity contribution < 1.29 is 19.7 Å². The molecule has 158 valence electrons. The van der Waals surface area contributed by atoms with E-state index in [-0.39, 0.29) is 23.4 Å². The number of aliphatic hydroxyl groups excluding tert-OH is 1. The maximum Gasteiger partial charge on any atom is 0.312 e. The zero-order chi connectivity index (χ0) is 20.7. The third-order valence-electron chi connectivity index (χ3n) is 7.10. The molecule has 4 unspecified atom stereocenters. The van der Waals surface area contributed by atoms with Crippen molar-refractivity contribution in [2.75, 3.05) is 6.61 Å². The van der Waals surface area contributed by atoms with Crippen molar-refractivity contribution in [1.29, 1.82) is 0 Å². The highest BCUT2D eigenvalue weighted by atomic mass is 16.6. The van der Waals surface area contributed by atoms with E-state index in [9.17, 15) is 15.0 Å². The Morgan fingerprint density at radius 2 is 1.74 bits per heavy atom. The molecule has 0 heterocycles. The van der Waals surface area contributed by atoms with Crippen LogP contribution >= 0.6 is 0 Å². The Bertz CT molecular complexity index is 544. The van der Waals surface area contributed by atoms with E-state index in [1.807, 2.05) is 6.92 Å². The number of carbonyl (C=O) groups excluding carboxylic acids is 1. The lowest BCUT2D eigenvalue weighted by atomic mass is 9.60. The van der Waals surface area contributed by atoms with E-state index in [1.165, 1.54) is 0 Å². The maximum absolute atomic E-state index is 13.6. The molecule has 2 aliphatic carbocycles. The molecular weight excluding hydrogens is 340 g/mol. The Balaban J connectivity index is 2.32. The van der Waals surface area contributed by atoms with Gasteiger partial charge in [-0.25, -0.2) is 0 Å². The van der Waals surface area contributed by atoms with Crippen LogP contribution in [0, 0.1) is 22.2 Å². The van der Waals surface area contributed by atoms with Crippen LogP contribution in [0.5, 0.6) is 0 Å². The minimum absolute atomic E-state index is 0.00747. The molecule has 0 radical (unpaired) electrons. The van der Waals surface area contributed by atoms with Crippen molar-refractivity contribution in [3.05, 3.63) is 0 Å². The first kappa shape index (κ1) is 22.7. The molecule has 2 rings (SSSR count). The second-order valence-electron chi connectivity index (χ2n) is 11.9. The van der Waals surface area contributed by atoms with E-state index in [2.05, 4.69) is 41.5 Å². The van der Waals surface area contributed by atoms with Gasteiger partial charge in [-0.2, -0.15) is 0 Å². The molecule has 4 nitrogen and oxygen atoms in total. The Labute approximate surface area is 166 Å². The van der Waals surface area contributed by atoms with E-state index >= 15 is 0 Å². The number of carbonyl (C=O) groups is 1. The topological polar surface area (TPSA) is 66.8 Å². The van der Waals surface area contributed by atoms with Gasteiger partial charge in [0.1, 0.15) is 5.60 Å². The number of hydrogen-bond acceptors (Lipinski definition) is 4. The highest BCUT2D eigenvalue weighted by Gasteiger charge is 2.54. The Hall–Kier alpha value is -0.610. The minimum Gasteiger partial charge on any atom is -0.458 e. The van der Waals surface area contributed by atoms with Gasteiger partial charge in [0.2, 0.25) is 0 Å². The summed E-state index contributed by atoms with van der Waals surface area (Å²) in [5.41, 5.74) is -2.39. The van der Waals surface area contributed by atoms with Crippen molar-refractivity contribution >= 4 is 5.97 Å². The molecule has 0 aliphatic heterocycles. The number of hydrogen-bond donors (Lipinski definition) is 2. The average molecular weight is 383 g/mol. The molecule has 0 spiro atoms. The molecule has 0 aromatic heterocycles. The SMILES string of the molecule is CC(C)(C)CC(C)(C(=O)OC1(CCO)CC2CCCC(O)(C2)C1)C(C)(C)C. The molecule has 27 heavy (non-hydrogen) atoms. The molecule has 0 saturated heterocycles. The van der Waals surface area contributed by atoms with E-state index in [4.69, 9.17) is 4.74 Å². The van der Waals surface area contributed by atoms with Crippen LogP contribution in [0.3, 0.4) is 0 Å². The number of aliphatic hydroxyl groups is 2. The summed E-state index contributed by atoms with van der Waals surface area (Å²) < 4.78 is 6.30. The van der Waals surface area contributed by atoms with Gasteiger partial charge in [-0.15, -0.1) is 0 Å². The molecule has 0 amide bonds. The molecule has 0 aromatic rings. The molecule has 4 heteroatoms. The second kappa shape index (κ2) is 7.33. The van der Waals surface area contributed by atoms with Crippen LogP contribution < -0.4 is 0 Å². The number of fused-ring (bicyclic) bond motifs is 2. The monoisotopic (exact) mass is 382 g/mol. The largest absolute Gasteiger partial charge is 0.458 e. The van der Waals surface area contributed by atoms with Gasteiger partial charge in [-0.3, -0.25) is 4.79 Å². The van der Waals surface area contributed by atoms with Crippen LogP contribution in [0.4, 0.5) is 0 Å². The molecule has 2 fully saturated rings. The van der Waals surface area contributed by atoms with Gasteiger partial charge in [-0.05, 0) is 49.4 Å². The van der Waals surface area contributed by atoms with Crippen LogP contribution in [0.1, 0.15) is 99.8 Å². The summed E-state index contributed by atoms with van der Waals surface area (Å²) in [6.07, 6.45) is 6.04. The highest BCUT2D eigenvalue weighted by molar-refractivity contribution is 5.78. The average Bonchev–Trinajstić information content (AvgIpc) is 2.42. The Kier molecular flexibility index (Phi) is 6.16. The molecule has 0 aromatic carbocycles. The highest BCUT2D eigenvalue weighted by Crippen LogP contribution is 2.53. The fourth-order valence-corrected chi connectivity index (χ4v) is 5.53. The zero-order valence-corrected chi connectivity index (χ0v) is 18.7. The molecule has 4 atom stereocenters. The minimum atomic E-state index is -0.751. The predicted molar refractivity (Wildman–Crippen MR) is 108 cm³/mol. The first-order valence-corrected chi connectivity index (χ1v) is 10.7. The third kappa shape index (κ3) is 5.06. The van der Waals surface area contributed by atoms with Crippen LogP contribution in [-0.4, -0.2) is 34.0 Å². The normalized spacial score (nSPS) is 34.0. The maximum atomic E-state index is 13.6. The fraction of sp³-hybridized carbons (Fsp3) is 0.957. The lowest BCUT2D eigenvalue weighted by Crippen LogP contribution is -2.55. The summed E-state index contributed by atoms with van der Waals surface area (Å²) in [5, 5.41) is 20.8. The van der Waals surface area contributed by atoms with Crippen molar-refractivity contribution in [1.82, 2.24) is 0 Å². The van der Waals surface area contributed by atoms with Crippen molar-refractivity contribution in [2.24, 2.45) is 22.2 Å². The standard InChI is InChI=1S/C23H42O4/c1-19(2,3)15-21(7,20(4,5)6)18(25)27-23(11-12-24)14-17-9-8-10-22(26,13-17)16-23/h17,24,26H,8-16H2,1-7H3. The van der Waals surface area contributed by atoms with Crippen LogP contribution in [-0.2, 0) is 9.53 Å². The lowest BCUT2D eigenvalue weighted by molar-refractivity contribution is -0.205. The van der Waals surface area contributed by atoms with Crippen LogP contribution in [0.25, 0.3) is 0 Å². The number of ether oxygens (including phenoxy) is 1. The predicted octanol–water partition coefficient (Wildman–Crippen LogP) is 4.85. The first-order chi connectivity index (χ1) is 12.1. The van der Waals surface area contributed by atoms with Crippen molar-refractivity contribution in [2.45, 2.75) is 111 Å². The van der Waals surface area contributed by atoms with E-state index in [0.29, 0.717) is 18.8 Å². The van der Waals surface area contributed by atoms with Gasteiger partial charge in [0.15, 0.2) is 0 Å². The molecule has 2 bridgehead atoms. The molecule has 2 saturated carbocycles. The number of esters is 1. The fourth-order valence-electron chi connectivity index (χ4n) is 5.53. The summed E-state index contributed by atoms with van der Waals surface area (Å²) in [5.74, 6) is 0.197. The van der Waals surface area contributed by atoms with Gasteiger partial charge in [-0.1, -0.05) is 54.4 Å². The van der Waals surface area contributed by atoms with Gasteiger partial charge in [0.25, 0.3) is 0 Å². The summed E-state index contributed by atoms with van der Waals surface area (Å²) in [4.78, 5) is 13.6. The van der Waals surface area contributed by atoms with Crippen molar-refractivity contribution in [3.63, 3.8) is 0 Å². The summed E-state index contributed by atoms with van der Waals surface area (Å²) >= 11 is 0. The summed E-state index contributed by atoms with van der Waals surface area (Å²) in [6, 6.07) is 0. The van der Waals surface area contributed by atoms with Gasteiger partial charge in [0.05, 0.1) is 11.0 Å². The Morgan fingerprint density at radius 1 is 1.11 bits per heavy atom.